The molecule has 7 heteroatoms. The first-order valence-electron chi connectivity index (χ1n) is 4.63. The van der Waals surface area contributed by atoms with Gasteiger partial charge in [-0.05, 0) is 12.1 Å². The second-order valence-electron chi connectivity index (χ2n) is 3.38. The Morgan fingerprint density at radius 2 is 2.12 bits per heavy atom. The average molecular weight is 258 g/mol. The van der Waals surface area contributed by atoms with Crippen LogP contribution in [0.2, 0.25) is 0 Å². The molecule has 0 saturated carbocycles. The number of anilines is 1. The molecule has 0 atom stereocenters. The Labute approximate surface area is 98.6 Å². The van der Waals surface area contributed by atoms with E-state index in [4.69, 9.17) is 0 Å². The van der Waals surface area contributed by atoms with E-state index < -0.39 is 15.8 Å². The first kappa shape index (κ1) is 13.3. The molecule has 0 aliphatic rings. The van der Waals surface area contributed by atoms with Crippen LogP contribution in [-0.4, -0.2) is 27.8 Å². The number of sulfonamides is 1. The molecule has 1 rings (SSSR count). The van der Waals surface area contributed by atoms with E-state index in [-0.39, 0.29) is 17.8 Å². The molecule has 0 unspecified atom stereocenters. The number of rotatable bonds is 4. The van der Waals surface area contributed by atoms with E-state index in [2.05, 4.69) is 4.99 Å². The molecule has 0 heterocycles. The number of hydrogen-bond donors (Lipinski definition) is 0. The predicted molar refractivity (Wildman–Crippen MR) is 61.5 cm³/mol. The summed E-state index contributed by atoms with van der Waals surface area (Å²) in [6.07, 6.45) is 2.29. The van der Waals surface area contributed by atoms with Crippen LogP contribution in [0.1, 0.15) is 5.56 Å². The number of carbonyl (C=O) groups excluding carboxylic acids is 1. The SMILES string of the molecule is CN(c1cccc(F)c1CN=C=O)S(C)(=O)=O. The topological polar surface area (TPSA) is 66.8 Å². The van der Waals surface area contributed by atoms with E-state index in [0.717, 1.165) is 10.6 Å². The van der Waals surface area contributed by atoms with Crippen LogP contribution in [0.3, 0.4) is 0 Å². The van der Waals surface area contributed by atoms with Crippen molar-refractivity contribution >= 4 is 21.8 Å². The number of halogens is 1. The van der Waals surface area contributed by atoms with Crippen molar-refractivity contribution in [1.82, 2.24) is 0 Å². The van der Waals surface area contributed by atoms with Gasteiger partial charge in [0.2, 0.25) is 16.1 Å². The average Bonchev–Trinajstić information content (AvgIpc) is 2.25. The predicted octanol–water partition coefficient (Wildman–Crippen LogP) is 1.06. The lowest BCUT2D eigenvalue weighted by Gasteiger charge is -2.19. The monoisotopic (exact) mass is 258 g/mol. The van der Waals surface area contributed by atoms with E-state index in [1.165, 1.54) is 31.3 Å². The maximum atomic E-state index is 13.5. The molecule has 0 aliphatic heterocycles. The molecule has 0 saturated heterocycles. The Balaban J connectivity index is 3.33. The van der Waals surface area contributed by atoms with E-state index >= 15 is 0 Å². The van der Waals surface area contributed by atoms with Gasteiger partial charge in [-0.25, -0.2) is 22.6 Å². The highest BCUT2D eigenvalue weighted by molar-refractivity contribution is 7.92. The molecular weight excluding hydrogens is 247 g/mol. The minimum atomic E-state index is -3.49. The summed E-state index contributed by atoms with van der Waals surface area (Å²) in [6.45, 7) is -0.245. The van der Waals surface area contributed by atoms with Gasteiger partial charge in [-0.2, -0.15) is 0 Å². The van der Waals surface area contributed by atoms with Gasteiger partial charge in [0.1, 0.15) is 5.82 Å². The summed E-state index contributed by atoms with van der Waals surface area (Å²) in [7, 11) is -2.19. The van der Waals surface area contributed by atoms with Crippen LogP contribution in [0, 0.1) is 5.82 Å². The number of isocyanates is 1. The minimum absolute atomic E-state index is 0.0452. The lowest BCUT2D eigenvalue weighted by Crippen LogP contribution is -2.26. The summed E-state index contributed by atoms with van der Waals surface area (Å²) in [5.74, 6) is -0.614. The van der Waals surface area contributed by atoms with Crippen molar-refractivity contribution in [2.24, 2.45) is 4.99 Å². The smallest absolute Gasteiger partial charge is 0.235 e. The van der Waals surface area contributed by atoms with Crippen molar-refractivity contribution in [3.63, 3.8) is 0 Å². The number of hydrogen-bond acceptors (Lipinski definition) is 4. The molecular formula is C10H11FN2O3S. The fraction of sp³-hybridized carbons (Fsp3) is 0.300. The Bertz CT molecular complexity index is 565. The number of aliphatic imine (C=N–C) groups is 1. The highest BCUT2D eigenvalue weighted by Gasteiger charge is 2.17. The molecule has 0 radical (unpaired) electrons. The molecule has 0 spiro atoms. The van der Waals surface area contributed by atoms with Gasteiger partial charge in [0, 0.05) is 12.6 Å². The minimum Gasteiger partial charge on any atom is -0.273 e. The van der Waals surface area contributed by atoms with Gasteiger partial charge in [0.25, 0.3) is 0 Å². The molecule has 92 valence electrons. The second-order valence-corrected chi connectivity index (χ2v) is 5.39. The third kappa shape index (κ3) is 3.12. The van der Waals surface area contributed by atoms with E-state index in [1.54, 1.807) is 0 Å². The van der Waals surface area contributed by atoms with Crippen molar-refractivity contribution in [3.05, 3.63) is 29.6 Å². The molecule has 1 aromatic rings. The van der Waals surface area contributed by atoms with Gasteiger partial charge in [0.15, 0.2) is 0 Å². The van der Waals surface area contributed by atoms with Crippen molar-refractivity contribution in [3.8, 4) is 0 Å². The van der Waals surface area contributed by atoms with Gasteiger partial charge in [-0.15, -0.1) is 0 Å². The van der Waals surface area contributed by atoms with Crippen molar-refractivity contribution in [2.75, 3.05) is 17.6 Å². The summed E-state index contributed by atoms with van der Waals surface area (Å²) < 4.78 is 37.2. The summed E-state index contributed by atoms with van der Waals surface area (Å²) in [6, 6.07) is 4.01. The van der Waals surface area contributed by atoms with Gasteiger partial charge in [0.05, 0.1) is 18.5 Å². The van der Waals surface area contributed by atoms with Crippen LogP contribution in [0.4, 0.5) is 10.1 Å². The largest absolute Gasteiger partial charge is 0.273 e. The van der Waals surface area contributed by atoms with Crippen LogP contribution in [0.15, 0.2) is 23.2 Å². The van der Waals surface area contributed by atoms with Crippen molar-refractivity contribution < 1.29 is 17.6 Å². The first-order valence-corrected chi connectivity index (χ1v) is 6.47. The highest BCUT2D eigenvalue weighted by atomic mass is 32.2. The van der Waals surface area contributed by atoms with Crippen LogP contribution >= 0.6 is 0 Å². The standard InChI is InChI=1S/C10H11FN2O3S/c1-13(17(2,15)16)10-5-3-4-9(11)8(10)6-12-7-14/h3-5H,6H2,1-2H3. The zero-order valence-corrected chi connectivity index (χ0v) is 10.2. The Kier molecular flexibility index (Phi) is 3.98. The lowest BCUT2D eigenvalue weighted by molar-refractivity contribution is 0.561. The molecule has 0 amide bonds. The summed E-state index contributed by atoms with van der Waals surface area (Å²) in [5.41, 5.74) is 0.204. The van der Waals surface area contributed by atoms with E-state index in [0.29, 0.717) is 0 Å². The highest BCUT2D eigenvalue weighted by Crippen LogP contribution is 2.24. The molecule has 0 bridgehead atoms. The zero-order chi connectivity index (χ0) is 13.1. The van der Waals surface area contributed by atoms with Gasteiger partial charge >= 0.3 is 0 Å². The third-order valence-corrected chi connectivity index (χ3v) is 3.42. The van der Waals surface area contributed by atoms with Gasteiger partial charge in [-0.1, -0.05) is 6.07 Å². The maximum Gasteiger partial charge on any atom is 0.235 e. The van der Waals surface area contributed by atoms with E-state index in [9.17, 15) is 17.6 Å². The van der Waals surface area contributed by atoms with E-state index in [1.807, 2.05) is 0 Å². The normalized spacial score (nSPS) is 10.8. The van der Waals surface area contributed by atoms with Crippen LogP contribution in [0.25, 0.3) is 0 Å². The van der Waals surface area contributed by atoms with Crippen LogP contribution in [0.5, 0.6) is 0 Å². The van der Waals surface area contributed by atoms with Crippen molar-refractivity contribution in [2.45, 2.75) is 6.54 Å². The quantitative estimate of drug-likeness (QED) is 0.599. The van der Waals surface area contributed by atoms with Crippen LogP contribution < -0.4 is 4.31 Å². The molecule has 1 aromatic carbocycles. The summed E-state index contributed by atoms with van der Waals surface area (Å²) >= 11 is 0. The molecule has 17 heavy (non-hydrogen) atoms. The number of nitrogens with zero attached hydrogens (tertiary/aromatic N) is 2. The van der Waals surface area contributed by atoms with Gasteiger partial charge in [-0.3, -0.25) is 4.31 Å². The molecule has 0 fully saturated rings. The Morgan fingerprint density at radius 1 is 1.47 bits per heavy atom. The summed E-state index contributed by atoms with van der Waals surface area (Å²) in [4.78, 5) is 13.3. The maximum absolute atomic E-state index is 13.5. The van der Waals surface area contributed by atoms with Crippen LogP contribution in [-0.2, 0) is 21.4 Å². The number of benzene rings is 1. The molecule has 0 aromatic heterocycles. The molecule has 5 nitrogen and oxygen atoms in total. The third-order valence-electron chi connectivity index (χ3n) is 2.23. The van der Waals surface area contributed by atoms with Gasteiger partial charge < -0.3 is 0 Å². The Morgan fingerprint density at radius 3 is 2.65 bits per heavy atom. The fourth-order valence-electron chi connectivity index (χ4n) is 1.29. The Hall–Kier alpha value is -1.72. The summed E-state index contributed by atoms with van der Waals surface area (Å²) in [5, 5.41) is 0. The fourth-order valence-corrected chi connectivity index (χ4v) is 1.82. The zero-order valence-electron chi connectivity index (χ0n) is 9.34. The first-order chi connectivity index (χ1) is 7.88. The van der Waals surface area contributed by atoms with Crippen molar-refractivity contribution in [1.29, 1.82) is 0 Å². The molecule has 0 aliphatic carbocycles. The molecule has 0 N–H and O–H groups in total. The lowest BCUT2D eigenvalue weighted by atomic mass is 10.1. The second kappa shape index (κ2) is 5.07.